The van der Waals surface area contributed by atoms with E-state index in [1.807, 2.05) is 11.8 Å². The topological polar surface area (TPSA) is 41.1 Å². The number of rotatable bonds is 7. The zero-order valence-corrected chi connectivity index (χ0v) is 13.0. The molecule has 0 aromatic heterocycles. The summed E-state index contributed by atoms with van der Waals surface area (Å²) in [5.41, 5.74) is -0.0913. The van der Waals surface area contributed by atoms with Crippen LogP contribution in [0.25, 0.3) is 0 Å². The Kier molecular flexibility index (Phi) is 6.50. The maximum absolute atomic E-state index is 11.9. The van der Waals surface area contributed by atoms with Crippen LogP contribution in [0.2, 0.25) is 0 Å². The SMILES string of the molecule is CCSC1CCCC1NCC(=O)NC(C)(C)CC. The Hall–Kier alpha value is -0.220. The maximum atomic E-state index is 11.9. The Labute approximate surface area is 116 Å². The van der Waals surface area contributed by atoms with E-state index in [0.29, 0.717) is 17.8 Å². The van der Waals surface area contributed by atoms with Crippen molar-refractivity contribution < 1.29 is 4.79 Å². The van der Waals surface area contributed by atoms with Crippen molar-refractivity contribution in [3.63, 3.8) is 0 Å². The van der Waals surface area contributed by atoms with Crippen LogP contribution in [-0.4, -0.2) is 35.0 Å². The molecule has 0 bridgehead atoms. The first kappa shape index (κ1) is 15.8. The van der Waals surface area contributed by atoms with Crippen LogP contribution in [0, 0.1) is 0 Å². The van der Waals surface area contributed by atoms with Gasteiger partial charge in [0.25, 0.3) is 0 Å². The molecule has 0 aromatic rings. The van der Waals surface area contributed by atoms with Crippen molar-refractivity contribution in [1.82, 2.24) is 10.6 Å². The normalized spacial score (nSPS) is 24.2. The lowest BCUT2D eigenvalue weighted by Crippen LogP contribution is -2.48. The van der Waals surface area contributed by atoms with Gasteiger partial charge >= 0.3 is 0 Å². The number of amides is 1. The minimum absolute atomic E-state index is 0.0913. The monoisotopic (exact) mass is 272 g/mol. The maximum Gasteiger partial charge on any atom is 0.234 e. The van der Waals surface area contributed by atoms with Crippen LogP contribution in [0.4, 0.5) is 0 Å². The lowest BCUT2D eigenvalue weighted by Gasteiger charge is -2.26. The summed E-state index contributed by atoms with van der Waals surface area (Å²) in [6.45, 7) is 8.89. The molecule has 2 N–H and O–H groups in total. The Morgan fingerprint density at radius 3 is 2.67 bits per heavy atom. The molecule has 1 saturated carbocycles. The van der Waals surface area contributed by atoms with Crippen LogP contribution >= 0.6 is 11.8 Å². The Balaban J connectivity index is 2.29. The van der Waals surface area contributed by atoms with E-state index in [-0.39, 0.29) is 11.4 Å². The van der Waals surface area contributed by atoms with Gasteiger partial charge in [-0.25, -0.2) is 0 Å². The molecule has 2 atom stereocenters. The number of hydrogen-bond donors (Lipinski definition) is 2. The lowest BCUT2D eigenvalue weighted by molar-refractivity contribution is -0.121. The summed E-state index contributed by atoms with van der Waals surface area (Å²) in [7, 11) is 0. The molecule has 0 radical (unpaired) electrons. The summed E-state index contributed by atoms with van der Waals surface area (Å²) in [6, 6.07) is 0.519. The number of thioether (sulfide) groups is 1. The predicted molar refractivity (Wildman–Crippen MR) is 80.1 cm³/mol. The van der Waals surface area contributed by atoms with Crippen molar-refractivity contribution in [2.45, 2.75) is 70.2 Å². The molecule has 106 valence electrons. The molecule has 0 aromatic carbocycles. The number of carbonyl (C=O) groups is 1. The second-order valence-electron chi connectivity index (χ2n) is 5.70. The minimum atomic E-state index is -0.0913. The lowest BCUT2D eigenvalue weighted by atomic mass is 10.0. The summed E-state index contributed by atoms with van der Waals surface area (Å²) in [6.07, 6.45) is 4.74. The van der Waals surface area contributed by atoms with Crippen molar-refractivity contribution in [3.05, 3.63) is 0 Å². The highest BCUT2D eigenvalue weighted by molar-refractivity contribution is 7.99. The highest BCUT2D eigenvalue weighted by atomic mass is 32.2. The third kappa shape index (κ3) is 5.19. The molecular weight excluding hydrogens is 244 g/mol. The minimum Gasteiger partial charge on any atom is -0.350 e. The summed E-state index contributed by atoms with van der Waals surface area (Å²) < 4.78 is 0. The van der Waals surface area contributed by atoms with Crippen LogP contribution in [0.3, 0.4) is 0 Å². The Bertz CT molecular complexity index is 269. The van der Waals surface area contributed by atoms with Crippen molar-refractivity contribution in [2.24, 2.45) is 0 Å². The van der Waals surface area contributed by atoms with Crippen LogP contribution in [-0.2, 0) is 4.79 Å². The highest BCUT2D eigenvalue weighted by Crippen LogP contribution is 2.29. The summed E-state index contributed by atoms with van der Waals surface area (Å²) in [5.74, 6) is 1.28. The van der Waals surface area contributed by atoms with Gasteiger partial charge in [-0.3, -0.25) is 4.79 Å². The fraction of sp³-hybridized carbons (Fsp3) is 0.929. The van der Waals surface area contributed by atoms with Gasteiger partial charge in [0.2, 0.25) is 5.91 Å². The number of carbonyl (C=O) groups excluding carboxylic acids is 1. The van der Waals surface area contributed by atoms with Gasteiger partial charge in [0.1, 0.15) is 0 Å². The zero-order chi connectivity index (χ0) is 13.6. The first-order valence-electron chi connectivity index (χ1n) is 7.14. The zero-order valence-electron chi connectivity index (χ0n) is 12.2. The average Bonchev–Trinajstić information content (AvgIpc) is 2.74. The van der Waals surface area contributed by atoms with Gasteiger partial charge in [0.05, 0.1) is 6.54 Å². The molecule has 4 heteroatoms. The first-order valence-corrected chi connectivity index (χ1v) is 8.19. The van der Waals surface area contributed by atoms with E-state index >= 15 is 0 Å². The van der Waals surface area contributed by atoms with Crippen molar-refractivity contribution >= 4 is 17.7 Å². The van der Waals surface area contributed by atoms with Crippen molar-refractivity contribution in [2.75, 3.05) is 12.3 Å². The molecule has 1 fully saturated rings. The number of hydrogen-bond acceptors (Lipinski definition) is 3. The smallest absolute Gasteiger partial charge is 0.234 e. The van der Waals surface area contributed by atoms with E-state index in [1.54, 1.807) is 0 Å². The van der Waals surface area contributed by atoms with Crippen LogP contribution < -0.4 is 10.6 Å². The first-order chi connectivity index (χ1) is 8.48. The summed E-state index contributed by atoms with van der Waals surface area (Å²) in [5, 5.41) is 7.19. The fourth-order valence-electron chi connectivity index (χ4n) is 2.31. The molecule has 0 spiro atoms. The van der Waals surface area contributed by atoms with Gasteiger partial charge in [-0.15, -0.1) is 0 Å². The van der Waals surface area contributed by atoms with Gasteiger partial charge in [-0.05, 0) is 38.9 Å². The Morgan fingerprint density at radius 1 is 1.33 bits per heavy atom. The van der Waals surface area contributed by atoms with E-state index < -0.39 is 0 Å². The van der Waals surface area contributed by atoms with Crippen LogP contribution in [0.15, 0.2) is 0 Å². The molecule has 1 aliphatic rings. The molecule has 3 nitrogen and oxygen atoms in total. The van der Waals surface area contributed by atoms with Crippen LogP contribution in [0.1, 0.15) is 53.4 Å². The summed E-state index contributed by atoms with van der Waals surface area (Å²) >= 11 is 2.02. The van der Waals surface area contributed by atoms with E-state index in [0.717, 1.165) is 12.2 Å². The van der Waals surface area contributed by atoms with E-state index in [1.165, 1.54) is 19.3 Å². The van der Waals surface area contributed by atoms with Gasteiger partial charge in [0.15, 0.2) is 0 Å². The second kappa shape index (κ2) is 7.39. The predicted octanol–water partition coefficient (Wildman–Crippen LogP) is 2.55. The van der Waals surface area contributed by atoms with Gasteiger partial charge in [-0.1, -0.05) is 20.3 Å². The molecule has 0 heterocycles. The van der Waals surface area contributed by atoms with Crippen LogP contribution in [0.5, 0.6) is 0 Å². The average molecular weight is 272 g/mol. The van der Waals surface area contributed by atoms with E-state index in [2.05, 4.69) is 38.3 Å². The molecule has 18 heavy (non-hydrogen) atoms. The quantitative estimate of drug-likeness (QED) is 0.748. The second-order valence-corrected chi connectivity index (χ2v) is 7.21. The molecule has 2 unspecified atom stereocenters. The largest absolute Gasteiger partial charge is 0.350 e. The highest BCUT2D eigenvalue weighted by Gasteiger charge is 2.27. The summed E-state index contributed by atoms with van der Waals surface area (Å²) in [4.78, 5) is 11.9. The molecule has 1 amide bonds. The van der Waals surface area contributed by atoms with Crippen molar-refractivity contribution in [1.29, 1.82) is 0 Å². The van der Waals surface area contributed by atoms with Gasteiger partial charge in [0, 0.05) is 16.8 Å². The molecular formula is C14H28N2OS. The molecule has 0 saturated heterocycles. The van der Waals surface area contributed by atoms with Gasteiger partial charge in [-0.2, -0.15) is 11.8 Å². The molecule has 1 aliphatic carbocycles. The fourth-order valence-corrected chi connectivity index (χ4v) is 3.53. The van der Waals surface area contributed by atoms with E-state index in [4.69, 9.17) is 0 Å². The van der Waals surface area contributed by atoms with E-state index in [9.17, 15) is 4.79 Å². The van der Waals surface area contributed by atoms with Gasteiger partial charge < -0.3 is 10.6 Å². The standard InChI is InChI=1S/C14H28N2OS/c1-5-14(3,4)16-13(17)10-15-11-8-7-9-12(11)18-6-2/h11-12,15H,5-10H2,1-4H3,(H,16,17). The Morgan fingerprint density at radius 2 is 2.06 bits per heavy atom. The number of nitrogens with one attached hydrogen (secondary N) is 2. The van der Waals surface area contributed by atoms with Crippen molar-refractivity contribution in [3.8, 4) is 0 Å². The third-order valence-corrected chi connectivity index (χ3v) is 5.05. The third-order valence-electron chi connectivity index (χ3n) is 3.72. The molecule has 1 rings (SSSR count). The molecule has 0 aliphatic heterocycles.